The molecule has 25 heavy (non-hydrogen) atoms. The van der Waals surface area contributed by atoms with Crippen LogP contribution in [0.4, 0.5) is 5.69 Å². The molecule has 3 rings (SSSR count). The van der Waals surface area contributed by atoms with Gasteiger partial charge in [0.1, 0.15) is 5.75 Å². The number of hydrogen-bond acceptors (Lipinski definition) is 6. The van der Waals surface area contributed by atoms with Crippen LogP contribution in [0, 0.1) is 3.57 Å². The molecule has 0 atom stereocenters. The molecular formula is C17H14IN3O3S. The molecule has 1 N–H and O–H groups in total. The number of anilines is 1. The van der Waals surface area contributed by atoms with Crippen LogP contribution >= 0.6 is 34.4 Å². The number of thioether (sulfide) groups is 1. The highest BCUT2D eigenvalue weighted by atomic mass is 127. The van der Waals surface area contributed by atoms with Crippen LogP contribution in [0.1, 0.15) is 0 Å². The number of aromatic nitrogens is 2. The highest BCUT2D eigenvalue weighted by Crippen LogP contribution is 2.25. The van der Waals surface area contributed by atoms with Gasteiger partial charge in [-0.25, -0.2) is 0 Å². The number of para-hydroxylation sites is 2. The molecule has 0 bridgehead atoms. The number of rotatable bonds is 6. The van der Waals surface area contributed by atoms with Crippen LogP contribution in [-0.4, -0.2) is 29.0 Å². The number of ether oxygens (including phenoxy) is 1. The summed E-state index contributed by atoms with van der Waals surface area (Å²) in [5.74, 6) is 1.03. The first-order valence-corrected chi connectivity index (χ1v) is 9.37. The smallest absolute Gasteiger partial charge is 0.277 e. The highest BCUT2D eigenvalue weighted by molar-refractivity contribution is 14.1. The van der Waals surface area contributed by atoms with Gasteiger partial charge in [0.25, 0.3) is 5.22 Å². The molecule has 8 heteroatoms. The summed E-state index contributed by atoms with van der Waals surface area (Å²) >= 11 is 3.42. The molecule has 0 fully saturated rings. The third kappa shape index (κ3) is 4.73. The van der Waals surface area contributed by atoms with Gasteiger partial charge in [-0.3, -0.25) is 4.79 Å². The van der Waals surface area contributed by atoms with Crippen LogP contribution in [0.5, 0.6) is 5.75 Å². The van der Waals surface area contributed by atoms with E-state index in [2.05, 4.69) is 38.1 Å². The second kappa shape index (κ2) is 8.34. The van der Waals surface area contributed by atoms with E-state index in [0.717, 1.165) is 9.13 Å². The van der Waals surface area contributed by atoms with Gasteiger partial charge >= 0.3 is 0 Å². The van der Waals surface area contributed by atoms with Crippen molar-refractivity contribution in [3.8, 4) is 17.2 Å². The van der Waals surface area contributed by atoms with Crippen molar-refractivity contribution in [3.05, 3.63) is 52.1 Å². The Bertz CT molecular complexity index is 868. The van der Waals surface area contributed by atoms with E-state index in [1.807, 2.05) is 36.4 Å². The SMILES string of the molecule is COc1ccccc1NC(=O)CSc1nnc(-c2ccc(I)cc2)o1. The van der Waals surface area contributed by atoms with Gasteiger partial charge in [0.2, 0.25) is 11.8 Å². The van der Waals surface area contributed by atoms with E-state index >= 15 is 0 Å². The van der Waals surface area contributed by atoms with Crippen LogP contribution in [0.25, 0.3) is 11.5 Å². The lowest BCUT2D eigenvalue weighted by Gasteiger charge is -2.08. The van der Waals surface area contributed by atoms with Crippen LogP contribution in [0.15, 0.2) is 58.2 Å². The van der Waals surface area contributed by atoms with E-state index in [1.54, 1.807) is 19.2 Å². The minimum Gasteiger partial charge on any atom is -0.495 e. The zero-order valence-electron chi connectivity index (χ0n) is 13.2. The van der Waals surface area contributed by atoms with Crippen molar-refractivity contribution in [1.82, 2.24) is 10.2 Å². The van der Waals surface area contributed by atoms with Gasteiger partial charge in [0.05, 0.1) is 18.6 Å². The first-order valence-electron chi connectivity index (χ1n) is 7.31. The van der Waals surface area contributed by atoms with Gasteiger partial charge in [-0.2, -0.15) is 0 Å². The minimum atomic E-state index is -0.177. The Balaban J connectivity index is 1.58. The third-order valence-corrected chi connectivity index (χ3v) is 4.74. The molecule has 0 spiro atoms. The molecule has 3 aromatic rings. The fourth-order valence-electron chi connectivity index (χ4n) is 2.04. The lowest BCUT2D eigenvalue weighted by atomic mass is 10.2. The van der Waals surface area contributed by atoms with Gasteiger partial charge in [-0.1, -0.05) is 23.9 Å². The summed E-state index contributed by atoms with van der Waals surface area (Å²) in [5.41, 5.74) is 1.47. The lowest BCUT2D eigenvalue weighted by Crippen LogP contribution is -2.14. The van der Waals surface area contributed by atoms with E-state index in [4.69, 9.17) is 9.15 Å². The molecule has 6 nitrogen and oxygen atoms in total. The van der Waals surface area contributed by atoms with Crippen LogP contribution in [-0.2, 0) is 4.79 Å². The Morgan fingerprint density at radius 1 is 1.20 bits per heavy atom. The maximum atomic E-state index is 12.1. The number of nitrogens with one attached hydrogen (secondary N) is 1. The minimum absolute atomic E-state index is 0.159. The van der Waals surface area contributed by atoms with Gasteiger partial charge < -0.3 is 14.5 Å². The molecule has 0 radical (unpaired) electrons. The number of methoxy groups -OCH3 is 1. The first-order chi connectivity index (χ1) is 12.2. The standard InChI is InChI=1S/C17H14IN3O3S/c1-23-14-5-3-2-4-13(14)19-15(22)10-25-17-21-20-16(24-17)11-6-8-12(18)9-7-11/h2-9H,10H2,1H3,(H,19,22). The molecule has 1 heterocycles. The number of hydrogen-bond donors (Lipinski definition) is 1. The molecule has 128 valence electrons. The summed E-state index contributed by atoms with van der Waals surface area (Å²) in [6, 6.07) is 15.0. The number of nitrogens with zero attached hydrogens (tertiary/aromatic N) is 2. The average molecular weight is 467 g/mol. The van der Waals surface area contributed by atoms with E-state index in [0.29, 0.717) is 22.6 Å². The Morgan fingerprint density at radius 3 is 2.72 bits per heavy atom. The summed E-state index contributed by atoms with van der Waals surface area (Å²) in [7, 11) is 1.56. The zero-order chi connectivity index (χ0) is 17.6. The molecule has 0 aliphatic rings. The molecule has 0 aliphatic carbocycles. The largest absolute Gasteiger partial charge is 0.495 e. The average Bonchev–Trinajstić information content (AvgIpc) is 3.10. The summed E-state index contributed by atoms with van der Waals surface area (Å²) in [5, 5.41) is 11.1. The normalized spacial score (nSPS) is 10.5. The van der Waals surface area contributed by atoms with Crippen molar-refractivity contribution < 1.29 is 13.9 Å². The lowest BCUT2D eigenvalue weighted by molar-refractivity contribution is -0.113. The Hall–Kier alpha value is -2.07. The first kappa shape index (κ1) is 17.7. The number of amides is 1. The molecule has 2 aromatic carbocycles. The van der Waals surface area contributed by atoms with Gasteiger partial charge in [0, 0.05) is 9.13 Å². The van der Waals surface area contributed by atoms with Crippen molar-refractivity contribution >= 4 is 45.9 Å². The highest BCUT2D eigenvalue weighted by Gasteiger charge is 2.12. The summed E-state index contributed by atoms with van der Waals surface area (Å²) in [6.07, 6.45) is 0. The summed E-state index contributed by atoms with van der Waals surface area (Å²) < 4.78 is 11.9. The molecule has 1 aromatic heterocycles. The molecular weight excluding hydrogens is 453 g/mol. The predicted octanol–water partition coefficient (Wildman–Crippen LogP) is 4.08. The maximum absolute atomic E-state index is 12.1. The molecule has 0 saturated heterocycles. The fourth-order valence-corrected chi connectivity index (χ4v) is 2.96. The molecule has 1 amide bonds. The molecule has 0 unspecified atom stereocenters. The molecule has 0 aliphatic heterocycles. The quantitative estimate of drug-likeness (QED) is 0.435. The third-order valence-electron chi connectivity index (χ3n) is 3.21. The van der Waals surface area contributed by atoms with Gasteiger partial charge in [-0.15, -0.1) is 10.2 Å². The van der Waals surface area contributed by atoms with Gasteiger partial charge in [0.15, 0.2) is 0 Å². The topological polar surface area (TPSA) is 77.2 Å². The number of carbonyl (C=O) groups excluding carboxylic acids is 1. The van der Waals surface area contributed by atoms with Crippen LogP contribution in [0.2, 0.25) is 0 Å². The van der Waals surface area contributed by atoms with Crippen molar-refractivity contribution in [2.24, 2.45) is 0 Å². The van der Waals surface area contributed by atoms with Crippen molar-refractivity contribution in [2.45, 2.75) is 5.22 Å². The van der Waals surface area contributed by atoms with Crippen molar-refractivity contribution in [1.29, 1.82) is 0 Å². The van der Waals surface area contributed by atoms with Gasteiger partial charge in [-0.05, 0) is 59.0 Å². The summed E-state index contributed by atoms with van der Waals surface area (Å²) in [6.45, 7) is 0. The fraction of sp³-hybridized carbons (Fsp3) is 0.118. The summed E-state index contributed by atoms with van der Waals surface area (Å²) in [4.78, 5) is 12.1. The number of carbonyl (C=O) groups is 1. The van der Waals surface area contributed by atoms with E-state index in [-0.39, 0.29) is 11.7 Å². The van der Waals surface area contributed by atoms with Crippen molar-refractivity contribution in [3.63, 3.8) is 0 Å². The predicted molar refractivity (Wildman–Crippen MR) is 105 cm³/mol. The molecule has 0 saturated carbocycles. The number of halogens is 1. The number of benzene rings is 2. The van der Waals surface area contributed by atoms with E-state index in [1.165, 1.54) is 11.8 Å². The zero-order valence-corrected chi connectivity index (χ0v) is 16.2. The Kier molecular flexibility index (Phi) is 5.92. The maximum Gasteiger partial charge on any atom is 0.277 e. The van der Waals surface area contributed by atoms with Crippen LogP contribution in [0.3, 0.4) is 0 Å². The Morgan fingerprint density at radius 2 is 1.96 bits per heavy atom. The van der Waals surface area contributed by atoms with E-state index < -0.39 is 0 Å². The van der Waals surface area contributed by atoms with Crippen molar-refractivity contribution in [2.75, 3.05) is 18.2 Å². The Labute approximate surface area is 162 Å². The van der Waals surface area contributed by atoms with E-state index in [9.17, 15) is 4.79 Å². The monoisotopic (exact) mass is 467 g/mol. The second-order valence-electron chi connectivity index (χ2n) is 4.92. The second-order valence-corrected chi connectivity index (χ2v) is 7.09. The van der Waals surface area contributed by atoms with Crippen LogP contribution < -0.4 is 10.1 Å².